The van der Waals surface area contributed by atoms with Gasteiger partial charge < -0.3 is 9.84 Å². The second kappa shape index (κ2) is 11.4. The summed E-state index contributed by atoms with van der Waals surface area (Å²) in [5, 5.41) is 20.0. The van der Waals surface area contributed by atoms with Gasteiger partial charge in [0.05, 0.1) is 18.2 Å². The van der Waals surface area contributed by atoms with Crippen molar-refractivity contribution in [3.63, 3.8) is 0 Å². The minimum atomic E-state index is -0.936. The van der Waals surface area contributed by atoms with E-state index in [2.05, 4.69) is 10.2 Å². The zero-order valence-electron chi connectivity index (χ0n) is 21.1. The summed E-state index contributed by atoms with van der Waals surface area (Å²) in [5.41, 5.74) is 2.88. The Labute approximate surface area is 233 Å². The van der Waals surface area contributed by atoms with E-state index >= 15 is 0 Å². The summed E-state index contributed by atoms with van der Waals surface area (Å²) in [6.07, 6.45) is 0. The van der Waals surface area contributed by atoms with Crippen molar-refractivity contribution in [1.82, 2.24) is 10.2 Å². The summed E-state index contributed by atoms with van der Waals surface area (Å²) >= 11 is 2.56. The van der Waals surface area contributed by atoms with Crippen LogP contribution < -0.4 is 9.64 Å². The van der Waals surface area contributed by atoms with Crippen LogP contribution in [0.5, 0.6) is 5.75 Å². The Hall–Kier alpha value is -4.02. The Balaban J connectivity index is 1.54. The molecule has 1 amide bonds. The monoisotopic (exact) mass is 561 g/mol. The fraction of sp³-hybridized carbons (Fsp3) is 0.172. The summed E-state index contributed by atoms with van der Waals surface area (Å²) in [6.45, 7) is 4.23. The number of ketones is 1. The van der Waals surface area contributed by atoms with Gasteiger partial charge in [-0.3, -0.25) is 14.5 Å². The quantitative estimate of drug-likeness (QED) is 0.0887. The number of rotatable bonds is 8. The molecule has 0 radical (unpaired) electrons. The average molecular weight is 562 g/mol. The first-order chi connectivity index (χ1) is 18.9. The van der Waals surface area contributed by atoms with Gasteiger partial charge in [-0.05, 0) is 49.2 Å². The number of hydrogen-bond donors (Lipinski definition) is 1. The fourth-order valence-corrected chi connectivity index (χ4v) is 6.06. The highest BCUT2D eigenvalue weighted by Gasteiger charge is 2.48. The molecule has 1 saturated heterocycles. The molecule has 0 saturated carbocycles. The molecule has 198 valence electrons. The van der Waals surface area contributed by atoms with Crippen LogP contribution in [0.4, 0.5) is 9.52 Å². The predicted molar refractivity (Wildman–Crippen MR) is 149 cm³/mol. The molecular formula is C29H24FN3O4S2. The van der Waals surface area contributed by atoms with Gasteiger partial charge in [0.15, 0.2) is 4.34 Å². The van der Waals surface area contributed by atoms with E-state index in [0.717, 1.165) is 11.1 Å². The van der Waals surface area contributed by atoms with Gasteiger partial charge in [0.1, 0.15) is 17.3 Å². The third-order valence-corrected chi connectivity index (χ3v) is 8.26. The lowest BCUT2D eigenvalue weighted by Gasteiger charge is -2.23. The molecule has 1 fully saturated rings. The van der Waals surface area contributed by atoms with Crippen LogP contribution in [-0.4, -0.2) is 33.6 Å². The van der Waals surface area contributed by atoms with Gasteiger partial charge in [-0.2, -0.15) is 0 Å². The number of aryl methyl sites for hydroxylation is 1. The van der Waals surface area contributed by atoms with E-state index in [-0.39, 0.29) is 22.3 Å². The molecule has 1 aliphatic heterocycles. The molecule has 7 nitrogen and oxygen atoms in total. The van der Waals surface area contributed by atoms with Crippen LogP contribution in [-0.2, 0) is 15.3 Å². The second-order valence-electron chi connectivity index (χ2n) is 8.81. The summed E-state index contributed by atoms with van der Waals surface area (Å²) < 4.78 is 19.5. The van der Waals surface area contributed by atoms with Crippen molar-refractivity contribution in [1.29, 1.82) is 0 Å². The normalized spacial score (nSPS) is 16.6. The molecule has 1 N–H and O–H groups in total. The van der Waals surface area contributed by atoms with E-state index in [0.29, 0.717) is 33.6 Å². The number of amides is 1. The maximum absolute atomic E-state index is 13.4. The van der Waals surface area contributed by atoms with Crippen molar-refractivity contribution in [2.45, 2.75) is 30.0 Å². The predicted octanol–water partition coefficient (Wildman–Crippen LogP) is 6.30. The summed E-state index contributed by atoms with van der Waals surface area (Å²) in [5.74, 6) is -1.09. The van der Waals surface area contributed by atoms with Crippen LogP contribution in [0, 0.1) is 12.7 Å². The number of aliphatic hydroxyl groups is 1. The molecule has 1 atom stereocenters. The van der Waals surface area contributed by atoms with Crippen LogP contribution in [0.15, 0.2) is 82.7 Å². The highest BCUT2D eigenvalue weighted by atomic mass is 32.2. The minimum absolute atomic E-state index is 0.0341. The Morgan fingerprint density at radius 3 is 2.54 bits per heavy atom. The minimum Gasteiger partial charge on any atom is -0.507 e. The third kappa shape index (κ3) is 5.57. The second-order valence-corrected chi connectivity index (χ2v) is 11.0. The molecule has 5 rings (SSSR count). The molecule has 2 heterocycles. The van der Waals surface area contributed by atoms with Crippen molar-refractivity contribution < 1.29 is 23.8 Å². The number of carbonyl (C=O) groups is 2. The number of aromatic nitrogens is 2. The number of halogens is 1. The highest BCUT2D eigenvalue weighted by molar-refractivity contribution is 8.00. The smallest absolute Gasteiger partial charge is 0.301 e. The van der Waals surface area contributed by atoms with Crippen molar-refractivity contribution in [3.8, 4) is 5.75 Å². The molecule has 1 unspecified atom stereocenters. The zero-order chi connectivity index (χ0) is 27.5. The first kappa shape index (κ1) is 26.6. The largest absolute Gasteiger partial charge is 0.507 e. The highest BCUT2D eigenvalue weighted by Crippen LogP contribution is 2.44. The van der Waals surface area contributed by atoms with Crippen LogP contribution >= 0.6 is 23.1 Å². The molecule has 1 aliphatic rings. The first-order valence-corrected chi connectivity index (χ1v) is 14.0. The van der Waals surface area contributed by atoms with Crippen LogP contribution in [0.3, 0.4) is 0 Å². The molecule has 0 spiro atoms. The molecule has 10 heteroatoms. The average Bonchev–Trinajstić information content (AvgIpc) is 3.51. The fourth-order valence-electron chi connectivity index (χ4n) is 4.24. The van der Waals surface area contributed by atoms with E-state index in [1.165, 1.54) is 40.1 Å². The maximum Gasteiger partial charge on any atom is 0.301 e. The molecule has 1 aromatic heterocycles. The van der Waals surface area contributed by atoms with Gasteiger partial charge in [-0.15, -0.1) is 10.2 Å². The van der Waals surface area contributed by atoms with Crippen LogP contribution in [0.1, 0.15) is 35.2 Å². The summed E-state index contributed by atoms with van der Waals surface area (Å²) in [4.78, 5) is 28.1. The van der Waals surface area contributed by atoms with Crippen LogP contribution in [0.2, 0.25) is 0 Å². The molecule has 4 aromatic rings. The number of carbonyl (C=O) groups excluding carboxylic acids is 2. The molecule has 3 aromatic carbocycles. The topological polar surface area (TPSA) is 92.6 Å². The van der Waals surface area contributed by atoms with Crippen molar-refractivity contribution >= 4 is 45.7 Å². The van der Waals surface area contributed by atoms with Gasteiger partial charge in [0.2, 0.25) is 5.13 Å². The standard InChI is InChI=1S/C29H24FN3O4S2/c1-3-37-22-6-4-5-20(15-22)24-23(25(34)19-11-7-17(2)8-12-19)26(35)27(36)33(24)28-31-32-29(39-28)38-16-18-9-13-21(30)14-10-18/h4-15,24,34H,3,16H2,1-2H3. The zero-order valence-corrected chi connectivity index (χ0v) is 22.8. The number of hydrogen-bond acceptors (Lipinski definition) is 8. The first-order valence-electron chi connectivity index (χ1n) is 12.2. The van der Waals surface area contributed by atoms with Gasteiger partial charge >= 0.3 is 5.91 Å². The van der Waals surface area contributed by atoms with Gasteiger partial charge in [-0.25, -0.2) is 4.39 Å². The van der Waals surface area contributed by atoms with Crippen molar-refractivity contribution in [2.24, 2.45) is 0 Å². The van der Waals surface area contributed by atoms with E-state index < -0.39 is 17.7 Å². The lowest BCUT2D eigenvalue weighted by atomic mass is 9.95. The Bertz CT molecular complexity index is 1550. The lowest BCUT2D eigenvalue weighted by Crippen LogP contribution is -2.29. The lowest BCUT2D eigenvalue weighted by molar-refractivity contribution is -0.132. The van der Waals surface area contributed by atoms with Crippen LogP contribution in [0.25, 0.3) is 5.76 Å². The Morgan fingerprint density at radius 1 is 1.08 bits per heavy atom. The number of nitrogens with zero attached hydrogens (tertiary/aromatic N) is 3. The number of Topliss-reactive ketones (excluding diaryl/α,β-unsaturated/α-hetero) is 1. The number of anilines is 1. The van der Waals surface area contributed by atoms with Gasteiger partial charge in [0, 0.05) is 11.3 Å². The molecular weight excluding hydrogens is 537 g/mol. The number of ether oxygens (including phenoxy) is 1. The summed E-state index contributed by atoms with van der Waals surface area (Å²) in [6, 6.07) is 19.4. The van der Waals surface area contributed by atoms with E-state index in [4.69, 9.17) is 4.74 Å². The Morgan fingerprint density at radius 2 is 1.82 bits per heavy atom. The summed E-state index contributed by atoms with van der Waals surface area (Å²) in [7, 11) is 0. The number of thioether (sulfide) groups is 1. The van der Waals surface area contributed by atoms with Crippen molar-refractivity contribution in [2.75, 3.05) is 11.5 Å². The maximum atomic E-state index is 13.4. The molecule has 0 aliphatic carbocycles. The van der Waals surface area contributed by atoms with E-state index in [9.17, 15) is 19.1 Å². The number of benzene rings is 3. The van der Waals surface area contributed by atoms with Crippen molar-refractivity contribution in [3.05, 3.63) is 106 Å². The SMILES string of the molecule is CCOc1cccc(C2C(=C(O)c3ccc(C)cc3)C(=O)C(=O)N2c2nnc(SCc3ccc(F)cc3)s2)c1. The molecule has 0 bridgehead atoms. The molecule has 39 heavy (non-hydrogen) atoms. The van der Waals surface area contributed by atoms with E-state index in [1.54, 1.807) is 48.5 Å². The van der Waals surface area contributed by atoms with E-state index in [1.807, 2.05) is 26.0 Å². The number of aliphatic hydroxyl groups excluding tert-OH is 1. The van der Waals surface area contributed by atoms with Gasteiger partial charge in [-0.1, -0.05) is 77.2 Å². The third-order valence-electron chi connectivity index (χ3n) is 6.13. The Kier molecular flexibility index (Phi) is 7.76. The van der Waals surface area contributed by atoms with Gasteiger partial charge in [0.25, 0.3) is 5.78 Å².